The van der Waals surface area contributed by atoms with E-state index in [1.807, 2.05) is 18.3 Å². The minimum atomic E-state index is -0.264. The predicted molar refractivity (Wildman–Crippen MR) is 80.6 cm³/mol. The number of rotatable bonds is 8. The van der Waals surface area contributed by atoms with Crippen molar-refractivity contribution < 1.29 is 4.74 Å². The minimum Gasteiger partial charge on any atom is -0.369 e. The normalized spacial score (nSPS) is 16.0. The maximum absolute atomic E-state index is 5.83. The van der Waals surface area contributed by atoms with E-state index < -0.39 is 0 Å². The SMILES string of the molecule is CCCc1nc(C(C)(C)OCC)sc1CNC1CC1. The van der Waals surface area contributed by atoms with Gasteiger partial charge in [-0.25, -0.2) is 4.98 Å². The minimum absolute atomic E-state index is 0.264. The van der Waals surface area contributed by atoms with Crippen LogP contribution < -0.4 is 5.32 Å². The van der Waals surface area contributed by atoms with Gasteiger partial charge in [-0.05, 0) is 40.0 Å². The van der Waals surface area contributed by atoms with Crippen molar-refractivity contribution in [2.24, 2.45) is 0 Å². The highest BCUT2D eigenvalue weighted by Crippen LogP contribution is 2.32. The summed E-state index contributed by atoms with van der Waals surface area (Å²) in [6.45, 7) is 10.2. The molecule has 1 aliphatic rings. The summed E-state index contributed by atoms with van der Waals surface area (Å²) in [7, 11) is 0. The molecular weight excluding hydrogens is 256 g/mol. The van der Waals surface area contributed by atoms with Crippen LogP contribution in [0.25, 0.3) is 0 Å². The molecule has 0 bridgehead atoms. The summed E-state index contributed by atoms with van der Waals surface area (Å²) in [5.74, 6) is 0. The van der Waals surface area contributed by atoms with E-state index in [-0.39, 0.29) is 5.60 Å². The Balaban J connectivity index is 2.12. The van der Waals surface area contributed by atoms with Crippen molar-refractivity contribution in [3.05, 3.63) is 15.6 Å². The summed E-state index contributed by atoms with van der Waals surface area (Å²) in [5.41, 5.74) is 1.00. The number of ether oxygens (including phenoxy) is 1. The Morgan fingerprint density at radius 3 is 2.68 bits per heavy atom. The quantitative estimate of drug-likeness (QED) is 0.791. The highest BCUT2D eigenvalue weighted by molar-refractivity contribution is 7.11. The molecule has 4 heteroatoms. The second-order valence-electron chi connectivity index (χ2n) is 5.74. The van der Waals surface area contributed by atoms with E-state index in [9.17, 15) is 0 Å². The molecule has 1 aromatic heterocycles. The van der Waals surface area contributed by atoms with Gasteiger partial charge in [-0.15, -0.1) is 11.3 Å². The number of aromatic nitrogens is 1. The van der Waals surface area contributed by atoms with Crippen LogP contribution in [-0.2, 0) is 23.3 Å². The van der Waals surface area contributed by atoms with E-state index in [0.717, 1.165) is 37.0 Å². The molecule has 1 aromatic rings. The fraction of sp³-hybridized carbons (Fsp3) is 0.800. The number of hydrogen-bond acceptors (Lipinski definition) is 4. The van der Waals surface area contributed by atoms with Crippen LogP contribution in [0.15, 0.2) is 0 Å². The van der Waals surface area contributed by atoms with E-state index in [4.69, 9.17) is 9.72 Å². The molecule has 1 aliphatic carbocycles. The van der Waals surface area contributed by atoms with Crippen molar-refractivity contribution in [3.63, 3.8) is 0 Å². The molecule has 0 spiro atoms. The van der Waals surface area contributed by atoms with E-state index in [1.54, 1.807) is 0 Å². The average molecular weight is 282 g/mol. The van der Waals surface area contributed by atoms with E-state index in [1.165, 1.54) is 23.4 Å². The molecule has 1 heterocycles. The van der Waals surface area contributed by atoms with Gasteiger partial charge in [0, 0.05) is 24.1 Å². The van der Waals surface area contributed by atoms with Gasteiger partial charge in [0.2, 0.25) is 0 Å². The highest BCUT2D eigenvalue weighted by Gasteiger charge is 2.27. The van der Waals surface area contributed by atoms with Crippen LogP contribution in [0.5, 0.6) is 0 Å². The van der Waals surface area contributed by atoms with Gasteiger partial charge in [-0.3, -0.25) is 0 Å². The molecule has 0 aromatic carbocycles. The molecule has 19 heavy (non-hydrogen) atoms. The van der Waals surface area contributed by atoms with Crippen LogP contribution in [0.2, 0.25) is 0 Å². The summed E-state index contributed by atoms with van der Waals surface area (Å²) in [4.78, 5) is 6.24. The zero-order valence-electron chi connectivity index (χ0n) is 12.6. The standard InChI is InChI=1S/C15H26N2OS/c1-5-7-12-13(10-16-11-8-9-11)19-14(17-12)15(3,4)18-6-2/h11,16H,5-10H2,1-4H3. The lowest BCUT2D eigenvalue weighted by Crippen LogP contribution is -2.21. The van der Waals surface area contributed by atoms with Crippen molar-refractivity contribution in [2.75, 3.05) is 6.61 Å². The molecule has 0 aliphatic heterocycles. The lowest BCUT2D eigenvalue weighted by molar-refractivity contribution is -0.0142. The van der Waals surface area contributed by atoms with Crippen LogP contribution >= 0.6 is 11.3 Å². The second kappa shape index (κ2) is 6.33. The molecule has 2 rings (SSSR count). The first kappa shape index (κ1) is 14.9. The van der Waals surface area contributed by atoms with Crippen molar-refractivity contribution in [1.82, 2.24) is 10.3 Å². The topological polar surface area (TPSA) is 34.1 Å². The summed E-state index contributed by atoms with van der Waals surface area (Å²) in [6.07, 6.45) is 4.88. The fourth-order valence-electron chi connectivity index (χ4n) is 2.16. The smallest absolute Gasteiger partial charge is 0.125 e. The molecule has 0 atom stereocenters. The number of hydrogen-bond donors (Lipinski definition) is 1. The second-order valence-corrected chi connectivity index (χ2v) is 6.82. The Morgan fingerprint density at radius 1 is 1.37 bits per heavy atom. The first-order chi connectivity index (χ1) is 9.06. The van der Waals surface area contributed by atoms with Gasteiger partial charge in [0.1, 0.15) is 10.6 Å². The highest BCUT2D eigenvalue weighted by atomic mass is 32.1. The Bertz CT molecular complexity index is 410. The predicted octanol–water partition coefficient (Wildman–Crippen LogP) is 3.62. The van der Waals surface area contributed by atoms with Crippen molar-refractivity contribution in [1.29, 1.82) is 0 Å². The Hall–Kier alpha value is -0.450. The third-order valence-electron chi connectivity index (χ3n) is 3.41. The summed E-state index contributed by atoms with van der Waals surface area (Å²) >= 11 is 1.82. The monoisotopic (exact) mass is 282 g/mol. The molecule has 1 N–H and O–H groups in total. The molecule has 0 amide bonds. The van der Waals surface area contributed by atoms with Crippen molar-refractivity contribution in [2.45, 2.75) is 71.6 Å². The maximum Gasteiger partial charge on any atom is 0.125 e. The van der Waals surface area contributed by atoms with Gasteiger partial charge in [-0.2, -0.15) is 0 Å². The summed E-state index contributed by atoms with van der Waals surface area (Å²) < 4.78 is 5.83. The third kappa shape index (κ3) is 4.01. The average Bonchev–Trinajstić information content (AvgIpc) is 3.08. The first-order valence-corrected chi connectivity index (χ1v) is 8.24. The largest absolute Gasteiger partial charge is 0.369 e. The lowest BCUT2D eigenvalue weighted by atomic mass is 10.1. The van der Waals surface area contributed by atoms with E-state index >= 15 is 0 Å². The molecular formula is C15H26N2OS. The molecule has 0 unspecified atom stereocenters. The van der Waals surface area contributed by atoms with Gasteiger partial charge in [-0.1, -0.05) is 13.3 Å². The van der Waals surface area contributed by atoms with Gasteiger partial charge in [0.05, 0.1) is 5.69 Å². The van der Waals surface area contributed by atoms with Crippen LogP contribution in [-0.4, -0.2) is 17.6 Å². The fourth-order valence-corrected chi connectivity index (χ4v) is 3.27. The number of thiazole rings is 1. The van der Waals surface area contributed by atoms with E-state index in [2.05, 4.69) is 26.1 Å². The zero-order valence-corrected chi connectivity index (χ0v) is 13.4. The van der Waals surface area contributed by atoms with Crippen molar-refractivity contribution in [3.8, 4) is 0 Å². The summed E-state index contributed by atoms with van der Waals surface area (Å²) in [6, 6.07) is 0.750. The number of nitrogens with one attached hydrogen (secondary N) is 1. The third-order valence-corrected chi connectivity index (χ3v) is 4.82. The molecule has 3 nitrogen and oxygen atoms in total. The number of aryl methyl sites for hydroxylation is 1. The Kier molecular flexibility index (Phi) is 4.98. The van der Waals surface area contributed by atoms with E-state index in [0.29, 0.717) is 0 Å². The first-order valence-electron chi connectivity index (χ1n) is 7.43. The summed E-state index contributed by atoms with van der Waals surface area (Å²) in [5, 5.41) is 4.71. The van der Waals surface area contributed by atoms with Gasteiger partial charge in [0.25, 0.3) is 0 Å². The van der Waals surface area contributed by atoms with Crippen molar-refractivity contribution >= 4 is 11.3 Å². The van der Waals surface area contributed by atoms with Gasteiger partial charge in [0.15, 0.2) is 0 Å². The molecule has 1 fully saturated rings. The van der Waals surface area contributed by atoms with Crippen LogP contribution in [0.1, 0.15) is 62.5 Å². The molecule has 0 radical (unpaired) electrons. The van der Waals surface area contributed by atoms with Gasteiger partial charge < -0.3 is 10.1 Å². The number of nitrogens with zero attached hydrogens (tertiary/aromatic N) is 1. The lowest BCUT2D eigenvalue weighted by Gasteiger charge is -2.21. The Morgan fingerprint density at radius 2 is 2.11 bits per heavy atom. The van der Waals surface area contributed by atoms with Gasteiger partial charge >= 0.3 is 0 Å². The molecule has 108 valence electrons. The molecule has 1 saturated carbocycles. The van der Waals surface area contributed by atoms with Crippen LogP contribution in [0, 0.1) is 0 Å². The molecule has 0 saturated heterocycles. The Labute approximate surface area is 120 Å². The maximum atomic E-state index is 5.83. The zero-order chi connectivity index (χ0) is 13.9. The van der Waals surface area contributed by atoms with Crippen LogP contribution in [0.3, 0.4) is 0 Å². The van der Waals surface area contributed by atoms with Crippen LogP contribution in [0.4, 0.5) is 0 Å².